The van der Waals surface area contributed by atoms with E-state index in [4.69, 9.17) is 0 Å². The molecule has 8 aromatic carbocycles. The zero-order chi connectivity index (χ0) is 41.0. The molecule has 0 unspecified atom stereocenters. The van der Waals surface area contributed by atoms with Gasteiger partial charge in [-0.2, -0.15) is 0 Å². The van der Waals surface area contributed by atoms with Crippen LogP contribution in [0.1, 0.15) is 68.5 Å². The van der Waals surface area contributed by atoms with E-state index < -0.39 is 0 Å². The van der Waals surface area contributed by atoms with E-state index in [9.17, 15) is 0 Å². The minimum atomic E-state index is 0.988. The average Bonchev–Trinajstić information content (AvgIpc) is 3.98. The summed E-state index contributed by atoms with van der Waals surface area (Å²) >= 11 is 0. The van der Waals surface area contributed by atoms with Crippen LogP contribution in [-0.2, 0) is 25.7 Å². The van der Waals surface area contributed by atoms with Crippen molar-refractivity contribution in [3.05, 3.63) is 250 Å². The lowest BCUT2D eigenvalue weighted by Gasteiger charge is -2.32. The molecular weight excluding hydrogens is 749 g/mol. The summed E-state index contributed by atoms with van der Waals surface area (Å²) in [7, 11) is 0. The number of allylic oxidation sites excluding steroid dienone is 4. The molecule has 8 aromatic rings. The first kappa shape index (κ1) is 36.4. The van der Waals surface area contributed by atoms with Crippen molar-refractivity contribution < 1.29 is 0 Å². The molecule has 296 valence electrons. The van der Waals surface area contributed by atoms with Crippen molar-refractivity contribution in [1.82, 2.24) is 0 Å². The van der Waals surface area contributed by atoms with Crippen LogP contribution in [0.5, 0.6) is 0 Å². The van der Waals surface area contributed by atoms with Gasteiger partial charge in [0, 0.05) is 34.1 Å². The lowest BCUT2D eigenvalue weighted by atomic mass is 9.75. The molecule has 0 spiro atoms. The maximum atomic E-state index is 2.46. The second kappa shape index (κ2) is 15.2. The van der Waals surface area contributed by atoms with Crippen molar-refractivity contribution in [3.63, 3.8) is 0 Å². The zero-order valence-electron chi connectivity index (χ0n) is 34.8. The summed E-state index contributed by atoms with van der Waals surface area (Å²) in [5.74, 6) is 0. The number of anilines is 6. The number of para-hydroxylation sites is 2. The maximum Gasteiger partial charge on any atom is 0.0464 e. The Morgan fingerprint density at radius 3 is 1.08 bits per heavy atom. The van der Waals surface area contributed by atoms with Crippen molar-refractivity contribution in [1.29, 1.82) is 0 Å². The largest absolute Gasteiger partial charge is 0.310 e. The summed E-state index contributed by atoms with van der Waals surface area (Å²) in [6.45, 7) is 0. The monoisotopic (exact) mass is 794 g/mol. The Bertz CT molecular complexity index is 2880. The van der Waals surface area contributed by atoms with Gasteiger partial charge in [-0.15, -0.1) is 0 Å². The number of benzene rings is 8. The molecule has 4 aliphatic carbocycles. The van der Waals surface area contributed by atoms with Crippen LogP contribution in [0.3, 0.4) is 0 Å². The van der Waals surface area contributed by atoms with Gasteiger partial charge in [0.1, 0.15) is 0 Å². The maximum absolute atomic E-state index is 2.46. The Kier molecular flexibility index (Phi) is 8.96. The summed E-state index contributed by atoms with van der Waals surface area (Å²) in [5.41, 5.74) is 26.7. The van der Waals surface area contributed by atoms with Crippen molar-refractivity contribution in [2.75, 3.05) is 9.80 Å². The quantitative estimate of drug-likeness (QED) is 0.151. The Morgan fingerprint density at radius 1 is 0.290 bits per heavy atom. The van der Waals surface area contributed by atoms with Crippen LogP contribution in [0.2, 0.25) is 0 Å². The van der Waals surface area contributed by atoms with Gasteiger partial charge in [0.25, 0.3) is 0 Å². The van der Waals surface area contributed by atoms with E-state index >= 15 is 0 Å². The van der Waals surface area contributed by atoms with Gasteiger partial charge in [-0.25, -0.2) is 0 Å². The molecule has 2 nitrogen and oxygen atoms in total. The highest BCUT2D eigenvalue weighted by Crippen LogP contribution is 2.48. The fourth-order valence-electron chi connectivity index (χ4n) is 10.5. The number of fused-ring (bicyclic) bond motifs is 6. The molecule has 2 heteroatoms. The van der Waals surface area contributed by atoms with Crippen molar-refractivity contribution in [2.45, 2.75) is 38.5 Å². The van der Waals surface area contributed by atoms with E-state index in [1.807, 2.05) is 0 Å². The fraction of sp³-hybridized carbons (Fsp3) is 0.100. The first-order valence-corrected chi connectivity index (χ1v) is 22.2. The van der Waals surface area contributed by atoms with E-state index in [1.165, 1.54) is 112 Å². The predicted molar refractivity (Wildman–Crippen MR) is 262 cm³/mol. The summed E-state index contributed by atoms with van der Waals surface area (Å²) in [6.07, 6.45) is 10.8. The molecular formula is C60H46N2. The molecule has 0 aliphatic heterocycles. The topological polar surface area (TPSA) is 6.48 Å². The minimum absolute atomic E-state index is 0.988. The molecule has 4 aliphatic rings. The predicted octanol–water partition coefficient (Wildman–Crippen LogP) is 15.6. The van der Waals surface area contributed by atoms with Crippen LogP contribution >= 0.6 is 0 Å². The van der Waals surface area contributed by atoms with Gasteiger partial charge in [-0.05, 0) is 189 Å². The first-order valence-electron chi connectivity index (χ1n) is 22.2. The Balaban J connectivity index is 0.842. The van der Waals surface area contributed by atoms with Crippen LogP contribution in [0.25, 0.3) is 34.4 Å². The van der Waals surface area contributed by atoms with Crippen molar-refractivity contribution >= 4 is 68.6 Å². The Hall–Kier alpha value is -7.42. The molecule has 0 heterocycles. The standard InChI is InChI=1S/C60H46N2/c1-3-15-51(16-4-1)61(53-25-19-41(20-26-53)49-35-43-11-7-8-12-44(43)36-49)55-29-33-57-47(39-55)23-31-60-58-34-30-56(40-48(58)24-32-59(57)60)62(52-17-5-2-6-18-52)54-27-21-42(22-28-54)50-37-45-13-9-10-14-46(45)38-50/h1-22,25-30,33-35,37,39-40H,23-24,31-32,36,38H2. The zero-order valence-corrected chi connectivity index (χ0v) is 34.8. The van der Waals surface area contributed by atoms with Crippen LogP contribution in [0, 0.1) is 0 Å². The van der Waals surface area contributed by atoms with Crippen molar-refractivity contribution in [3.8, 4) is 0 Å². The van der Waals surface area contributed by atoms with E-state index in [2.05, 4.69) is 216 Å². The van der Waals surface area contributed by atoms with Gasteiger partial charge in [0.05, 0.1) is 0 Å². The smallest absolute Gasteiger partial charge is 0.0464 e. The lowest BCUT2D eigenvalue weighted by molar-refractivity contribution is 0.918. The van der Waals surface area contributed by atoms with Gasteiger partial charge in [0.2, 0.25) is 0 Å². The summed E-state index contributed by atoms with van der Waals surface area (Å²) < 4.78 is 0. The number of aryl methyl sites for hydroxylation is 2. The molecule has 0 N–H and O–H groups in total. The molecule has 0 saturated carbocycles. The normalized spacial score (nSPS) is 14.5. The Labute approximate surface area is 365 Å². The highest BCUT2D eigenvalue weighted by molar-refractivity contribution is 5.97. The molecule has 0 bridgehead atoms. The Morgan fingerprint density at radius 2 is 0.661 bits per heavy atom. The number of hydrogen-bond acceptors (Lipinski definition) is 2. The lowest BCUT2D eigenvalue weighted by Crippen LogP contribution is -2.15. The summed E-state index contributed by atoms with van der Waals surface area (Å²) in [6, 6.07) is 71.9. The number of nitrogens with zero attached hydrogens (tertiary/aromatic N) is 2. The third kappa shape index (κ3) is 6.51. The van der Waals surface area contributed by atoms with Crippen LogP contribution < -0.4 is 9.80 Å². The fourth-order valence-corrected chi connectivity index (χ4v) is 10.5. The third-order valence-electron chi connectivity index (χ3n) is 13.6. The molecule has 0 fully saturated rings. The molecule has 12 rings (SSSR count). The third-order valence-corrected chi connectivity index (χ3v) is 13.6. The van der Waals surface area contributed by atoms with E-state index in [1.54, 1.807) is 0 Å². The van der Waals surface area contributed by atoms with Gasteiger partial charge < -0.3 is 9.80 Å². The summed E-state index contributed by atoms with van der Waals surface area (Å²) in [5, 5.41) is 0. The number of hydrogen-bond donors (Lipinski definition) is 0. The van der Waals surface area contributed by atoms with Crippen LogP contribution in [-0.4, -0.2) is 0 Å². The van der Waals surface area contributed by atoms with Crippen LogP contribution in [0.15, 0.2) is 194 Å². The molecule has 0 atom stereocenters. The highest BCUT2D eigenvalue weighted by atomic mass is 15.1. The van der Waals surface area contributed by atoms with E-state index in [-0.39, 0.29) is 0 Å². The SMILES string of the molecule is C1=C(c2ccc(N(c3ccccc3)c3ccc4c(c3)CCC3=C4CCc4cc(N(c5ccccc5)c5ccc(C6=Cc7ccccc7C6)cc5)ccc43)cc2)Cc2ccccc21. The average molecular weight is 795 g/mol. The number of rotatable bonds is 8. The van der Waals surface area contributed by atoms with Crippen LogP contribution in [0.4, 0.5) is 34.1 Å². The van der Waals surface area contributed by atoms with Gasteiger partial charge in [-0.1, -0.05) is 133 Å². The first-order chi connectivity index (χ1) is 30.7. The molecule has 0 amide bonds. The summed E-state index contributed by atoms with van der Waals surface area (Å²) in [4.78, 5) is 4.83. The molecule has 0 radical (unpaired) electrons. The van der Waals surface area contributed by atoms with Gasteiger partial charge in [0.15, 0.2) is 0 Å². The van der Waals surface area contributed by atoms with E-state index in [0.717, 1.165) is 38.5 Å². The van der Waals surface area contributed by atoms with E-state index in [0.29, 0.717) is 0 Å². The highest BCUT2D eigenvalue weighted by Gasteiger charge is 2.28. The minimum Gasteiger partial charge on any atom is -0.310 e. The van der Waals surface area contributed by atoms with Gasteiger partial charge >= 0.3 is 0 Å². The molecule has 0 aromatic heterocycles. The second-order valence-corrected chi connectivity index (χ2v) is 17.2. The van der Waals surface area contributed by atoms with Gasteiger partial charge in [-0.3, -0.25) is 0 Å². The molecule has 0 saturated heterocycles. The second-order valence-electron chi connectivity index (χ2n) is 17.2. The van der Waals surface area contributed by atoms with Crippen molar-refractivity contribution in [2.24, 2.45) is 0 Å². The molecule has 62 heavy (non-hydrogen) atoms.